The molecule has 8 N–H and O–H groups in total. The van der Waals surface area contributed by atoms with E-state index in [1.807, 2.05) is 39.0 Å². The van der Waals surface area contributed by atoms with Gasteiger partial charge < -0.3 is 32.6 Å². The average Bonchev–Trinajstić information content (AvgIpc) is 3.46. The summed E-state index contributed by atoms with van der Waals surface area (Å²) < 4.78 is 6.51. The van der Waals surface area contributed by atoms with Crippen LogP contribution in [0.4, 0.5) is 5.69 Å². The molecule has 0 radical (unpaired) electrons. The molecule has 0 aliphatic heterocycles. The number of hydrogen-bond donors (Lipinski definition) is 5. The summed E-state index contributed by atoms with van der Waals surface area (Å²) in [6.45, 7) is 7.27. The number of thiophene rings is 1. The van der Waals surface area contributed by atoms with E-state index in [0.717, 1.165) is 18.4 Å². The van der Waals surface area contributed by atoms with E-state index in [1.54, 1.807) is 12.1 Å². The first kappa shape index (κ1) is 27.1. The fourth-order valence-electron chi connectivity index (χ4n) is 6.03. The Kier molecular flexibility index (Phi) is 6.90. The molecule has 2 aliphatic carbocycles. The standard InChI is InChI=1S/C29H35N5O4S/c1-13(2)38-18-7-8-19(14(3)11-18)29(32)20-9-10-21(30)25-22(20)23(24(31)27(29)36)26(39-25)28(37)34-17-6-5-16(12-17)33-15(4)35/h7-11,13,16-17,24H,5-6,12,30-32H2,1-4H3,(H,33,35)(H,34,37)/t16-,17+,24?,29?/m1/s1. The van der Waals surface area contributed by atoms with E-state index in [0.29, 0.717) is 49.5 Å². The smallest absolute Gasteiger partial charge is 0.261 e. The Hall–Kier alpha value is -3.47. The second-order valence-corrected chi connectivity index (χ2v) is 11.9. The molecule has 2 amide bonds. The van der Waals surface area contributed by atoms with Gasteiger partial charge in [0.2, 0.25) is 5.91 Å². The van der Waals surface area contributed by atoms with Crippen LogP contribution >= 0.6 is 11.3 Å². The summed E-state index contributed by atoms with van der Waals surface area (Å²) in [5, 5.41) is 6.67. The molecule has 3 aromatic rings. The fraction of sp³-hybridized carbons (Fsp3) is 0.414. The van der Waals surface area contributed by atoms with Crippen LogP contribution < -0.4 is 32.6 Å². The number of nitrogens with two attached hydrogens (primary N) is 3. The lowest BCUT2D eigenvalue weighted by molar-refractivity contribution is -0.124. The van der Waals surface area contributed by atoms with Gasteiger partial charge in [-0.25, -0.2) is 0 Å². The molecule has 1 saturated carbocycles. The molecule has 1 fully saturated rings. The maximum absolute atomic E-state index is 14.0. The van der Waals surface area contributed by atoms with Crippen LogP contribution in [0.2, 0.25) is 0 Å². The molecule has 0 spiro atoms. The second kappa shape index (κ2) is 9.93. The minimum atomic E-state index is -1.52. The highest BCUT2D eigenvalue weighted by Gasteiger charge is 2.49. The first-order valence-electron chi connectivity index (χ1n) is 13.2. The summed E-state index contributed by atoms with van der Waals surface area (Å²) in [5.74, 6) is -0.0893. The summed E-state index contributed by atoms with van der Waals surface area (Å²) in [4.78, 5) is 39.4. The topological polar surface area (TPSA) is 163 Å². The van der Waals surface area contributed by atoms with Gasteiger partial charge in [0.15, 0.2) is 5.78 Å². The molecule has 1 aromatic heterocycles. The van der Waals surface area contributed by atoms with E-state index >= 15 is 0 Å². The number of nitrogen functional groups attached to an aromatic ring is 1. The number of carbonyl (C=O) groups is 3. The molecule has 39 heavy (non-hydrogen) atoms. The number of anilines is 1. The first-order valence-corrected chi connectivity index (χ1v) is 14.0. The number of ether oxygens (including phenoxy) is 1. The summed E-state index contributed by atoms with van der Waals surface area (Å²) in [7, 11) is 0. The Labute approximate surface area is 231 Å². The quantitative estimate of drug-likeness (QED) is 0.295. The Bertz CT molecular complexity index is 1500. The molecule has 4 atom stereocenters. The lowest BCUT2D eigenvalue weighted by atomic mass is 9.69. The van der Waals surface area contributed by atoms with Gasteiger partial charge in [0, 0.05) is 35.6 Å². The molecule has 0 saturated heterocycles. The third kappa shape index (κ3) is 4.56. The van der Waals surface area contributed by atoms with Gasteiger partial charge in [-0.1, -0.05) is 12.1 Å². The highest BCUT2D eigenvalue weighted by atomic mass is 32.1. The lowest BCUT2D eigenvalue weighted by Crippen LogP contribution is -2.53. The molecule has 10 heteroatoms. The zero-order valence-corrected chi connectivity index (χ0v) is 23.4. The molecule has 9 nitrogen and oxygen atoms in total. The number of amides is 2. The molecule has 2 aliphatic rings. The van der Waals surface area contributed by atoms with Crippen molar-refractivity contribution in [2.45, 2.75) is 76.7 Å². The van der Waals surface area contributed by atoms with E-state index in [1.165, 1.54) is 18.3 Å². The van der Waals surface area contributed by atoms with Crippen molar-refractivity contribution in [3.8, 4) is 5.75 Å². The Morgan fingerprint density at radius 2 is 1.77 bits per heavy atom. The SMILES string of the molecule is CC(=O)N[C@@H]1CC[C@H](NC(=O)c2sc3c(N)ccc4c3c2C(N)C(=O)C4(N)c2ccc(OC(C)C)cc2C)C1. The lowest BCUT2D eigenvalue weighted by Gasteiger charge is -2.37. The zero-order chi connectivity index (χ0) is 28.2. The van der Waals surface area contributed by atoms with Gasteiger partial charge in [-0.3, -0.25) is 14.4 Å². The third-order valence-electron chi connectivity index (χ3n) is 7.69. The monoisotopic (exact) mass is 549 g/mol. The van der Waals surface area contributed by atoms with Gasteiger partial charge in [-0.05, 0) is 74.9 Å². The van der Waals surface area contributed by atoms with Gasteiger partial charge in [0.1, 0.15) is 11.3 Å². The second-order valence-electron chi connectivity index (χ2n) is 10.9. The van der Waals surface area contributed by atoms with Gasteiger partial charge in [-0.15, -0.1) is 11.3 Å². The number of hydrogen-bond acceptors (Lipinski definition) is 8. The Morgan fingerprint density at radius 3 is 2.41 bits per heavy atom. The maximum Gasteiger partial charge on any atom is 0.261 e. The molecule has 2 aromatic carbocycles. The predicted molar refractivity (Wildman–Crippen MR) is 153 cm³/mol. The van der Waals surface area contributed by atoms with Crippen LogP contribution in [0.5, 0.6) is 5.75 Å². The Balaban J connectivity index is 1.57. The van der Waals surface area contributed by atoms with E-state index in [-0.39, 0.29) is 35.8 Å². The van der Waals surface area contributed by atoms with Gasteiger partial charge in [0.05, 0.1) is 21.7 Å². The summed E-state index contributed by atoms with van der Waals surface area (Å²) in [5.41, 5.74) is 21.4. The largest absolute Gasteiger partial charge is 0.491 e. The number of carbonyl (C=O) groups excluding carboxylic acids is 3. The van der Waals surface area contributed by atoms with Crippen molar-refractivity contribution in [2.75, 3.05) is 5.73 Å². The van der Waals surface area contributed by atoms with Crippen LogP contribution in [0.3, 0.4) is 0 Å². The van der Waals surface area contributed by atoms with E-state index in [4.69, 9.17) is 21.9 Å². The van der Waals surface area contributed by atoms with E-state index in [9.17, 15) is 14.4 Å². The minimum Gasteiger partial charge on any atom is -0.491 e. The van der Waals surface area contributed by atoms with Crippen LogP contribution in [-0.2, 0) is 15.1 Å². The summed E-state index contributed by atoms with van der Waals surface area (Å²) in [6.07, 6.45) is 2.18. The molecule has 5 rings (SSSR count). The van der Waals surface area contributed by atoms with Crippen molar-refractivity contribution >= 4 is 44.7 Å². The Morgan fingerprint density at radius 1 is 1.10 bits per heavy atom. The number of ketones is 1. The van der Waals surface area contributed by atoms with Crippen LogP contribution in [-0.4, -0.2) is 35.8 Å². The van der Waals surface area contributed by atoms with Crippen LogP contribution in [0.15, 0.2) is 30.3 Å². The molecule has 2 unspecified atom stereocenters. The summed E-state index contributed by atoms with van der Waals surface area (Å²) >= 11 is 1.23. The first-order chi connectivity index (χ1) is 18.4. The highest BCUT2D eigenvalue weighted by molar-refractivity contribution is 7.21. The molecule has 0 bridgehead atoms. The van der Waals surface area contributed by atoms with E-state index < -0.39 is 11.6 Å². The molecular formula is C29H35N5O4S. The predicted octanol–water partition coefficient (Wildman–Crippen LogP) is 3.15. The highest BCUT2D eigenvalue weighted by Crippen LogP contribution is 2.50. The minimum absolute atomic E-state index is 0.00185. The summed E-state index contributed by atoms with van der Waals surface area (Å²) in [6, 6.07) is 7.81. The third-order valence-corrected chi connectivity index (χ3v) is 8.94. The van der Waals surface area contributed by atoms with Crippen LogP contribution in [0, 0.1) is 6.92 Å². The number of Topliss-reactive ketones (excluding diaryl/α,β-unsaturated/α-hetero) is 1. The number of benzene rings is 2. The fourth-order valence-corrected chi connectivity index (χ4v) is 7.24. The van der Waals surface area contributed by atoms with Crippen LogP contribution in [0.25, 0.3) is 10.1 Å². The maximum atomic E-state index is 14.0. The van der Waals surface area contributed by atoms with Crippen molar-refractivity contribution in [1.82, 2.24) is 10.6 Å². The van der Waals surface area contributed by atoms with Crippen molar-refractivity contribution in [3.63, 3.8) is 0 Å². The zero-order valence-electron chi connectivity index (χ0n) is 22.6. The average molecular weight is 550 g/mol. The molecule has 206 valence electrons. The molecule has 1 heterocycles. The van der Waals surface area contributed by atoms with Crippen LogP contribution in [0.1, 0.15) is 78.0 Å². The van der Waals surface area contributed by atoms with Gasteiger partial charge >= 0.3 is 0 Å². The number of nitrogens with one attached hydrogen (secondary N) is 2. The normalized spacial score (nSPS) is 24.3. The van der Waals surface area contributed by atoms with Gasteiger partial charge in [-0.2, -0.15) is 0 Å². The van der Waals surface area contributed by atoms with Crippen molar-refractivity contribution < 1.29 is 19.1 Å². The van der Waals surface area contributed by atoms with Gasteiger partial charge in [0.25, 0.3) is 5.91 Å². The van der Waals surface area contributed by atoms with E-state index in [2.05, 4.69) is 10.6 Å². The number of rotatable bonds is 6. The van der Waals surface area contributed by atoms with Crippen molar-refractivity contribution in [1.29, 1.82) is 0 Å². The number of aryl methyl sites for hydroxylation is 1. The van der Waals surface area contributed by atoms with Crippen molar-refractivity contribution in [3.05, 3.63) is 57.5 Å². The molecular weight excluding hydrogens is 514 g/mol. The van der Waals surface area contributed by atoms with Crippen molar-refractivity contribution in [2.24, 2.45) is 11.5 Å².